The number of nitro groups is 1. The first-order valence-electron chi connectivity index (χ1n) is 7.12. The third-order valence-corrected chi connectivity index (χ3v) is 4.19. The van der Waals surface area contributed by atoms with Gasteiger partial charge in [0.25, 0.3) is 5.69 Å². The largest absolute Gasteiger partial charge is 0.270 e. The van der Waals surface area contributed by atoms with E-state index in [1.165, 1.54) is 29.1 Å². The summed E-state index contributed by atoms with van der Waals surface area (Å²) in [6.45, 7) is 2.05. The number of nitrogens with zero attached hydrogens (tertiary/aromatic N) is 4. The molecule has 3 rings (SSSR count). The average molecular weight is 368 g/mol. The molecule has 3 N–H and O–H groups in total. The van der Waals surface area contributed by atoms with Gasteiger partial charge in [-0.25, -0.2) is 5.43 Å². The van der Waals surface area contributed by atoms with Crippen molar-refractivity contribution < 1.29 is 4.92 Å². The second-order valence-electron chi connectivity index (χ2n) is 5.38. The smallest absolute Gasteiger partial charge is 0.258 e. The molecule has 0 amide bonds. The lowest BCUT2D eigenvalue weighted by molar-refractivity contribution is -0.384. The average Bonchev–Trinajstić information content (AvgIpc) is 3.12. The van der Waals surface area contributed by atoms with E-state index in [1.807, 2.05) is 6.92 Å². The second kappa shape index (κ2) is 6.77. The lowest BCUT2D eigenvalue weighted by atomic mass is 10.1. The highest BCUT2D eigenvalue weighted by Crippen LogP contribution is 2.22. The Bertz CT molecular complexity index is 862. The first-order chi connectivity index (χ1) is 11.5. The molecule has 0 aliphatic carbocycles. The molecule has 1 fully saturated rings. The first kappa shape index (κ1) is 16.7. The van der Waals surface area contributed by atoms with Crippen LogP contribution in [-0.4, -0.2) is 32.1 Å². The van der Waals surface area contributed by atoms with Gasteiger partial charge in [0, 0.05) is 28.8 Å². The minimum atomic E-state index is -0.488. The fourth-order valence-electron chi connectivity index (χ4n) is 2.39. The molecule has 0 bridgehead atoms. The maximum absolute atomic E-state index is 10.9. The van der Waals surface area contributed by atoms with Gasteiger partial charge in [-0.3, -0.25) is 20.6 Å². The van der Waals surface area contributed by atoms with E-state index in [2.05, 4.69) is 26.2 Å². The van der Waals surface area contributed by atoms with Gasteiger partial charge in [0.05, 0.1) is 17.2 Å². The van der Waals surface area contributed by atoms with E-state index in [4.69, 9.17) is 23.8 Å². The van der Waals surface area contributed by atoms with Crippen molar-refractivity contribution in [3.63, 3.8) is 0 Å². The number of non-ortho nitro benzene ring substituents is 1. The minimum absolute atomic E-state index is 0.0503. The van der Waals surface area contributed by atoms with E-state index < -0.39 is 4.92 Å². The third-order valence-electron chi connectivity index (χ3n) is 3.58. The highest BCUT2D eigenvalue weighted by atomic mass is 35.5. The van der Waals surface area contributed by atoms with E-state index in [-0.39, 0.29) is 11.7 Å². The van der Waals surface area contributed by atoms with Crippen molar-refractivity contribution in [2.24, 2.45) is 5.10 Å². The van der Waals surface area contributed by atoms with Gasteiger partial charge >= 0.3 is 0 Å². The van der Waals surface area contributed by atoms with Gasteiger partial charge in [0.1, 0.15) is 0 Å². The van der Waals surface area contributed by atoms with Crippen LogP contribution in [0.15, 0.2) is 23.3 Å². The maximum Gasteiger partial charge on any atom is 0.270 e. The molecule has 0 spiro atoms. The van der Waals surface area contributed by atoms with Crippen LogP contribution in [0.1, 0.15) is 30.8 Å². The van der Waals surface area contributed by atoms with Crippen molar-refractivity contribution >= 4 is 35.7 Å². The zero-order valence-corrected chi connectivity index (χ0v) is 14.1. The van der Waals surface area contributed by atoms with Crippen LogP contribution in [0.3, 0.4) is 0 Å². The number of hydrogen-bond acceptors (Lipinski definition) is 7. The van der Waals surface area contributed by atoms with Crippen LogP contribution >= 0.6 is 23.8 Å². The summed E-state index contributed by atoms with van der Waals surface area (Å²) in [6, 6.07) is 4.40. The third kappa shape index (κ3) is 3.36. The van der Waals surface area contributed by atoms with Gasteiger partial charge in [-0.2, -0.15) is 14.9 Å². The van der Waals surface area contributed by atoms with E-state index >= 15 is 0 Å². The number of H-pyrrole nitrogens is 1. The summed E-state index contributed by atoms with van der Waals surface area (Å²) >= 11 is 11.3. The Labute approximate surface area is 146 Å². The quantitative estimate of drug-likeness (QED) is 0.331. The number of nitrogens with one attached hydrogen (secondary N) is 3. The van der Waals surface area contributed by atoms with Gasteiger partial charge in [0.15, 0.2) is 5.82 Å². The summed E-state index contributed by atoms with van der Waals surface area (Å²) in [5.74, 6) is 0.620. The Morgan fingerprint density at radius 3 is 3.00 bits per heavy atom. The molecule has 11 heteroatoms. The Morgan fingerprint density at radius 2 is 2.33 bits per heavy atom. The van der Waals surface area contributed by atoms with Gasteiger partial charge in [0.2, 0.25) is 4.77 Å². The van der Waals surface area contributed by atoms with Crippen LogP contribution in [0.4, 0.5) is 5.69 Å². The number of hydrogen-bond donors (Lipinski definition) is 3. The highest BCUT2D eigenvalue weighted by Gasteiger charge is 2.26. The molecule has 24 heavy (non-hydrogen) atoms. The van der Waals surface area contributed by atoms with Crippen LogP contribution in [0.25, 0.3) is 0 Å². The number of hydrazine groups is 1. The van der Waals surface area contributed by atoms with E-state index in [1.54, 1.807) is 0 Å². The van der Waals surface area contributed by atoms with Crippen molar-refractivity contribution in [1.82, 2.24) is 25.7 Å². The van der Waals surface area contributed by atoms with E-state index in [0.717, 1.165) is 6.42 Å². The molecule has 0 saturated carbocycles. The molecule has 2 unspecified atom stereocenters. The van der Waals surface area contributed by atoms with E-state index in [9.17, 15) is 10.1 Å². The molecular formula is C13H14ClN7O2S. The molecule has 1 saturated heterocycles. The van der Waals surface area contributed by atoms with Gasteiger partial charge in [-0.1, -0.05) is 11.6 Å². The van der Waals surface area contributed by atoms with Crippen molar-refractivity contribution in [2.45, 2.75) is 25.4 Å². The summed E-state index contributed by atoms with van der Waals surface area (Å²) in [5.41, 5.74) is 6.59. The van der Waals surface area contributed by atoms with Gasteiger partial charge < -0.3 is 0 Å². The van der Waals surface area contributed by atoms with Crippen LogP contribution in [-0.2, 0) is 0 Å². The lowest BCUT2D eigenvalue weighted by Gasteiger charge is -2.07. The number of nitro benzene ring substituents is 1. The molecule has 2 heterocycles. The molecule has 2 atom stereocenters. The molecule has 126 valence electrons. The minimum Gasteiger partial charge on any atom is -0.258 e. The summed E-state index contributed by atoms with van der Waals surface area (Å²) in [6.07, 6.45) is 2.25. The molecule has 2 aromatic rings. The SMILES string of the molecule is CC1CC(c2n[nH]c(=S)n2/N=C/c2cc([N+](=O)[O-])ccc2Cl)NN1. The van der Waals surface area contributed by atoms with Gasteiger partial charge in [-0.15, -0.1) is 0 Å². The van der Waals surface area contributed by atoms with Crippen molar-refractivity contribution in [2.75, 3.05) is 0 Å². The van der Waals surface area contributed by atoms with Crippen LogP contribution in [0, 0.1) is 14.9 Å². The fraction of sp³-hybridized carbons (Fsp3) is 0.308. The molecule has 1 aromatic heterocycles. The Morgan fingerprint density at radius 1 is 1.54 bits per heavy atom. The Kier molecular flexibility index (Phi) is 4.71. The number of rotatable bonds is 4. The standard InChI is InChI=1S/C13H14ClN7O2S/c1-7-4-11(17-16-7)12-18-19-13(24)20(12)15-6-8-5-9(21(22)23)2-3-10(8)14/h2-3,5-7,11,16-17H,4H2,1H3,(H,19,24)/b15-6+. The monoisotopic (exact) mass is 367 g/mol. The molecular weight excluding hydrogens is 354 g/mol. The Hall–Kier alpha value is -2.14. The number of halogens is 1. The van der Waals surface area contributed by atoms with Gasteiger partial charge in [-0.05, 0) is 31.6 Å². The number of aromatic amines is 1. The zero-order chi connectivity index (χ0) is 17.3. The predicted octanol–water partition coefficient (Wildman–Crippen LogP) is 2.31. The van der Waals surface area contributed by atoms with Crippen molar-refractivity contribution in [3.8, 4) is 0 Å². The number of benzene rings is 1. The molecule has 1 aliphatic rings. The molecule has 9 nitrogen and oxygen atoms in total. The van der Waals surface area contributed by atoms with Crippen molar-refractivity contribution in [1.29, 1.82) is 0 Å². The first-order valence-corrected chi connectivity index (χ1v) is 7.91. The topological polar surface area (TPSA) is 113 Å². The molecule has 1 aromatic carbocycles. The fourth-order valence-corrected chi connectivity index (χ4v) is 2.74. The summed E-state index contributed by atoms with van der Waals surface area (Å²) in [7, 11) is 0. The predicted molar refractivity (Wildman–Crippen MR) is 91.6 cm³/mol. The summed E-state index contributed by atoms with van der Waals surface area (Å²) in [4.78, 5) is 10.4. The molecule has 1 aliphatic heterocycles. The Balaban J connectivity index is 1.93. The summed E-state index contributed by atoms with van der Waals surface area (Å²) < 4.78 is 1.80. The van der Waals surface area contributed by atoms with Crippen LogP contribution in [0.5, 0.6) is 0 Å². The van der Waals surface area contributed by atoms with Crippen LogP contribution < -0.4 is 10.9 Å². The second-order valence-corrected chi connectivity index (χ2v) is 6.18. The highest BCUT2D eigenvalue weighted by molar-refractivity contribution is 7.71. The summed E-state index contributed by atoms with van der Waals surface area (Å²) in [5, 5.41) is 22.4. The lowest BCUT2D eigenvalue weighted by Crippen LogP contribution is -2.29. The number of aromatic nitrogens is 3. The zero-order valence-electron chi connectivity index (χ0n) is 12.6. The van der Waals surface area contributed by atoms with Crippen molar-refractivity contribution in [3.05, 3.63) is 49.5 Å². The molecule has 0 radical (unpaired) electrons. The van der Waals surface area contributed by atoms with Crippen LogP contribution in [0.2, 0.25) is 5.02 Å². The maximum atomic E-state index is 10.9. The van der Waals surface area contributed by atoms with E-state index in [0.29, 0.717) is 27.2 Å². The normalized spacial score (nSPS) is 20.8.